The highest BCUT2D eigenvalue weighted by atomic mass is 16.3. The van der Waals surface area contributed by atoms with Crippen molar-refractivity contribution >= 4 is 17.6 Å². The molecule has 0 radical (unpaired) electrons. The second kappa shape index (κ2) is 8.51. The lowest BCUT2D eigenvalue weighted by molar-refractivity contribution is -0.121. The quantitative estimate of drug-likeness (QED) is 0.745. The molecule has 120 valence electrons. The van der Waals surface area contributed by atoms with Crippen LogP contribution in [-0.2, 0) is 4.79 Å². The largest absolute Gasteiger partial charge is 0.396 e. The van der Waals surface area contributed by atoms with Gasteiger partial charge in [0.2, 0.25) is 5.91 Å². The highest BCUT2D eigenvalue weighted by molar-refractivity contribution is 6.01. The van der Waals surface area contributed by atoms with Gasteiger partial charge in [0.15, 0.2) is 0 Å². The van der Waals surface area contributed by atoms with Crippen LogP contribution in [0.1, 0.15) is 25.7 Å². The first-order valence-corrected chi connectivity index (χ1v) is 7.70. The van der Waals surface area contributed by atoms with E-state index in [4.69, 9.17) is 5.11 Å². The summed E-state index contributed by atoms with van der Waals surface area (Å²) >= 11 is 0. The fourth-order valence-corrected chi connectivity index (χ4v) is 2.79. The van der Waals surface area contributed by atoms with Gasteiger partial charge in [0.25, 0.3) is 0 Å². The summed E-state index contributed by atoms with van der Waals surface area (Å²) in [6.45, 7) is 1.26. The molecule has 22 heavy (non-hydrogen) atoms. The number of likely N-dealkylation sites (tertiary alicyclic amines) is 1. The minimum atomic E-state index is -0.512. The molecular formula is C16H23N3O3. The predicted molar refractivity (Wildman–Crippen MR) is 84.5 cm³/mol. The maximum absolute atomic E-state index is 12.0. The van der Waals surface area contributed by atoms with Gasteiger partial charge in [0.05, 0.1) is 6.54 Å². The minimum Gasteiger partial charge on any atom is -0.396 e. The Hall–Kier alpha value is -1.92. The Bertz CT molecular complexity index is 493. The Balaban J connectivity index is 1.76. The van der Waals surface area contributed by atoms with Crippen molar-refractivity contribution < 1.29 is 14.7 Å². The number of hydrogen-bond donors (Lipinski definition) is 3. The van der Waals surface area contributed by atoms with Crippen LogP contribution in [0.3, 0.4) is 0 Å². The zero-order chi connectivity index (χ0) is 15.8. The third kappa shape index (κ3) is 5.13. The van der Waals surface area contributed by atoms with Crippen LogP contribution in [0, 0.1) is 0 Å². The van der Waals surface area contributed by atoms with E-state index < -0.39 is 6.03 Å². The topological polar surface area (TPSA) is 81.7 Å². The van der Waals surface area contributed by atoms with Crippen molar-refractivity contribution in [3.63, 3.8) is 0 Å². The van der Waals surface area contributed by atoms with Crippen LogP contribution in [0.2, 0.25) is 0 Å². The zero-order valence-electron chi connectivity index (χ0n) is 12.6. The molecule has 1 unspecified atom stereocenters. The molecule has 1 fully saturated rings. The standard InChI is InChI=1S/C16H23N3O3/c20-11-5-9-14-8-4-10-19(14)12-15(21)18-16(22)17-13-6-2-1-3-7-13/h1-3,6-7,14,20H,4-5,8-12H2,(H2,17,18,21,22). The number of urea groups is 1. The highest BCUT2D eigenvalue weighted by Gasteiger charge is 2.26. The van der Waals surface area contributed by atoms with Gasteiger partial charge in [-0.3, -0.25) is 15.0 Å². The van der Waals surface area contributed by atoms with Gasteiger partial charge in [-0.25, -0.2) is 4.79 Å². The van der Waals surface area contributed by atoms with Crippen molar-refractivity contribution in [2.24, 2.45) is 0 Å². The second-order valence-corrected chi connectivity index (χ2v) is 5.50. The van der Waals surface area contributed by atoms with Gasteiger partial charge in [0.1, 0.15) is 0 Å². The molecule has 0 aliphatic carbocycles. The first-order valence-electron chi connectivity index (χ1n) is 7.70. The Labute approximate surface area is 130 Å². The van der Waals surface area contributed by atoms with E-state index in [-0.39, 0.29) is 19.1 Å². The first-order chi connectivity index (χ1) is 10.7. The van der Waals surface area contributed by atoms with Crippen molar-refractivity contribution in [3.05, 3.63) is 30.3 Å². The normalized spacial score (nSPS) is 18.1. The first kappa shape index (κ1) is 16.5. The molecule has 3 amide bonds. The van der Waals surface area contributed by atoms with Crippen molar-refractivity contribution in [1.82, 2.24) is 10.2 Å². The number of aliphatic hydroxyl groups is 1. The summed E-state index contributed by atoms with van der Waals surface area (Å²) in [5, 5.41) is 13.9. The molecule has 1 aliphatic heterocycles. The molecule has 0 aromatic heterocycles. The molecule has 6 nitrogen and oxygen atoms in total. The number of aliphatic hydroxyl groups excluding tert-OH is 1. The van der Waals surface area contributed by atoms with Gasteiger partial charge >= 0.3 is 6.03 Å². The molecule has 6 heteroatoms. The Kier molecular flexibility index (Phi) is 6.36. The molecule has 3 N–H and O–H groups in total. The van der Waals surface area contributed by atoms with Crippen LogP contribution in [0.4, 0.5) is 10.5 Å². The van der Waals surface area contributed by atoms with E-state index in [9.17, 15) is 9.59 Å². The van der Waals surface area contributed by atoms with Gasteiger partial charge < -0.3 is 10.4 Å². The number of nitrogens with zero attached hydrogens (tertiary/aromatic N) is 1. The lowest BCUT2D eigenvalue weighted by Gasteiger charge is -2.23. The molecule has 2 rings (SSSR count). The molecule has 1 heterocycles. The van der Waals surface area contributed by atoms with E-state index in [2.05, 4.69) is 15.5 Å². The number of hydrogen-bond acceptors (Lipinski definition) is 4. The summed E-state index contributed by atoms with van der Waals surface area (Å²) in [4.78, 5) is 25.8. The van der Waals surface area contributed by atoms with Crippen LogP contribution in [0.25, 0.3) is 0 Å². The Morgan fingerprint density at radius 1 is 1.27 bits per heavy atom. The monoisotopic (exact) mass is 305 g/mol. The smallest absolute Gasteiger partial charge is 0.325 e. The fourth-order valence-electron chi connectivity index (χ4n) is 2.79. The lowest BCUT2D eigenvalue weighted by atomic mass is 10.1. The highest BCUT2D eigenvalue weighted by Crippen LogP contribution is 2.20. The summed E-state index contributed by atoms with van der Waals surface area (Å²) in [7, 11) is 0. The number of carbonyl (C=O) groups excluding carboxylic acids is 2. The van der Waals surface area contributed by atoms with E-state index in [0.717, 1.165) is 32.2 Å². The summed E-state index contributed by atoms with van der Waals surface area (Å²) in [6.07, 6.45) is 3.74. The average molecular weight is 305 g/mol. The van der Waals surface area contributed by atoms with E-state index in [0.29, 0.717) is 11.7 Å². The molecule has 1 aromatic carbocycles. The number of nitrogens with one attached hydrogen (secondary N) is 2. The van der Waals surface area contributed by atoms with Gasteiger partial charge in [-0.2, -0.15) is 0 Å². The van der Waals surface area contributed by atoms with Gasteiger partial charge in [0, 0.05) is 18.3 Å². The lowest BCUT2D eigenvalue weighted by Crippen LogP contribution is -2.43. The predicted octanol–water partition coefficient (Wildman–Crippen LogP) is 1.57. The molecule has 1 aromatic rings. The van der Waals surface area contributed by atoms with Crippen LogP contribution in [-0.4, -0.2) is 47.7 Å². The second-order valence-electron chi connectivity index (χ2n) is 5.50. The maximum Gasteiger partial charge on any atom is 0.325 e. The molecule has 1 saturated heterocycles. The molecule has 1 aliphatic rings. The number of anilines is 1. The minimum absolute atomic E-state index is 0.177. The molecular weight excluding hydrogens is 282 g/mol. The maximum atomic E-state index is 12.0. The average Bonchev–Trinajstić information content (AvgIpc) is 2.92. The Morgan fingerprint density at radius 3 is 2.77 bits per heavy atom. The number of amides is 3. The number of benzene rings is 1. The molecule has 0 spiro atoms. The van der Waals surface area contributed by atoms with Crippen LogP contribution in [0.5, 0.6) is 0 Å². The van der Waals surface area contributed by atoms with E-state index in [1.54, 1.807) is 12.1 Å². The van der Waals surface area contributed by atoms with Gasteiger partial charge in [-0.15, -0.1) is 0 Å². The Morgan fingerprint density at radius 2 is 2.05 bits per heavy atom. The van der Waals surface area contributed by atoms with Gasteiger partial charge in [-0.05, 0) is 44.4 Å². The molecule has 1 atom stereocenters. The van der Waals surface area contributed by atoms with Crippen molar-refractivity contribution in [3.8, 4) is 0 Å². The zero-order valence-corrected chi connectivity index (χ0v) is 12.6. The van der Waals surface area contributed by atoms with Crippen molar-refractivity contribution in [2.75, 3.05) is 25.0 Å². The SMILES string of the molecule is O=C(CN1CCCC1CCCO)NC(=O)Nc1ccccc1. The molecule has 0 saturated carbocycles. The number of rotatable bonds is 6. The van der Waals surface area contributed by atoms with Crippen molar-refractivity contribution in [1.29, 1.82) is 0 Å². The third-order valence-electron chi connectivity index (χ3n) is 3.83. The van der Waals surface area contributed by atoms with Crippen molar-refractivity contribution in [2.45, 2.75) is 31.7 Å². The van der Waals surface area contributed by atoms with E-state index in [1.807, 2.05) is 18.2 Å². The van der Waals surface area contributed by atoms with Crippen LogP contribution >= 0.6 is 0 Å². The van der Waals surface area contributed by atoms with Gasteiger partial charge in [-0.1, -0.05) is 18.2 Å². The molecule has 0 bridgehead atoms. The summed E-state index contributed by atoms with van der Waals surface area (Å²) in [6, 6.07) is 8.82. The van der Waals surface area contributed by atoms with E-state index >= 15 is 0 Å². The van der Waals surface area contributed by atoms with Crippen LogP contribution in [0.15, 0.2) is 30.3 Å². The number of imide groups is 1. The van der Waals surface area contributed by atoms with Crippen LogP contribution < -0.4 is 10.6 Å². The third-order valence-corrected chi connectivity index (χ3v) is 3.83. The van der Waals surface area contributed by atoms with E-state index in [1.165, 1.54) is 0 Å². The summed E-state index contributed by atoms with van der Waals surface area (Å²) < 4.78 is 0. The fraction of sp³-hybridized carbons (Fsp3) is 0.500. The summed E-state index contributed by atoms with van der Waals surface area (Å²) in [5.74, 6) is -0.302. The number of carbonyl (C=O) groups is 2. The summed E-state index contributed by atoms with van der Waals surface area (Å²) in [5.41, 5.74) is 0.648. The number of para-hydroxylation sites is 1.